The third-order valence-corrected chi connectivity index (χ3v) is 4.14. The molecule has 28 heavy (non-hydrogen) atoms. The van der Waals surface area contributed by atoms with Crippen LogP contribution in [-0.4, -0.2) is 30.1 Å². The van der Waals surface area contributed by atoms with Gasteiger partial charge in [0.1, 0.15) is 12.6 Å². The first kappa shape index (κ1) is 20.8. The van der Waals surface area contributed by atoms with Crippen molar-refractivity contribution in [2.24, 2.45) is 0 Å². The largest absolute Gasteiger partial charge is 0.467 e. The topological polar surface area (TPSA) is 108 Å². The second kappa shape index (κ2) is 9.45. The highest BCUT2D eigenvalue weighted by molar-refractivity contribution is 5.82. The molecule has 0 bridgehead atoms. The molecule has 2 aromatic carbocycles. The molecule has 1 amide bonds. The second-order valence-corrected chi connectivity index (χ2v) is 5.96. The molecule has 0 aliphatic rings. The van der Waals surface area contributed by atoms with E-state index in [1.54, 1.807) is 31.2 Å². The van der Waals surface area contributed by atoms with Crippen molar-refractivity contribution in [2.45, 2.75) is 25.5 Å². The van der Waals surface area contributed by atoms with Crippen LogP contribution in [0.4, 0.5) is 14.9 Å². The number of nitrogens with zero attached hydrogens (tertiary/aromatic N) is 1. The maximum Gasteiger partial charge on any atom is 0.408 e. The van der Waals surface area contributed by atoms with Crippen LogP contribution in [0.2, 0.25) is 0 Å². The zero-order valence-corrected chi connectivity index (χ0v) is 15.3. The number of amides is 1. The summed E-state index contributed by atoms with van der Waals surface area (Å²) in [6.45, 7) is 1.56. The van der Waals surface area contributed by atoms with Gasteiger partial charge in [0.15, 0.2) is 0 Å². The van der Waals surface area contributed by atoms with E-state index >= 15 is 0 Å². The molecule has 0 fully saturated rings. The van der Waals surface area contributed by atoms with Gasteiger partial charge in [-0.1, -0.05) is 43.3 Å². The molecule has 0 aliphatic heterocycles. The molecule has 0 saturated heterocycles. The summed E-state index contributed by atoms with van der Waals surface area (Å²) in [5, 5.41) is 13.1. The SMILES string of the molecule is COC(=O)[C@H](NC(=O)OCc1ccccc1)[C@@H](C)c1ccc([N+](=O)[O-])c(F)c1. The summed E-state index contributed by atoms with van der Waals surface area (Å²) in [6.07, 6.45) is -0.853. The van der Waals surface area contributed by atoms with Gasteiger partial charge in [0.25, 0.3) is 0 Å². The molecular formula is C19H19FN2O6. The number of nitro groups is 1. The summed E-state index contributed by atoms with van der Waals surface area (Å²) in [6, 6.07) is 11.0. The van der Waals surface area contributed by atoms with Crippen molar-refractivity contribution in [2.75, 3.05) is 7.11 Å². The Morgan fingerprint density at radius 1 is 1.21 bits per heavy atom. The fraction of sp³-hybridized carbons (Fsp3) is 0.263. The van der Waals surface area contributed by atoms with E-state index in [0.29, 0.717) is 0 Å². The van der Waals surface area contributed by atoms with Crippen LogP contribution in [0.3, 0.4) is 0 Å². The molecule has 1 N–H and O–H groups in total. The highest BCUT2D eigenvalue weighted by atomic mass is 19.1. The van der Waals surface area contributed by atoms with E-state index in [0.717, 1.165) is 24.8 Å². The Labute approximate surface area is 160 Å². The Morgan fingerprint density at radius 2 is 1.89 bits per heavy atom. The minimum Gasteiger partial charge on any atom is -0.467 e. The molecule has 0 spiro atoms. The van der Waals surface area contributed by atoms with Crippen molar-refractivity contribution in [1.29, 1.82) is 0 Å². The Balaban J connectivity index is 2.11. The van der Waals surface area contributed by atoms with Gasteiger partial charge in [-0.25, -0.2) is 9.59 Å². The number of methoxy groups -OCH3 is 1. The van der Waals surface area contributed by atoms with Crippen molar-refractivity contribution >= 4 is 17.7 Å². The van der Waals surface area contributed by atoms with E-state index in [9.17, 15) is 24.1 Å². The maximum absolute atomic E-state index is 13.9. The number of alkyl carbamates (subject to hydrolysis) is 1. The van der Waals surface area contributed by atoms with Gasteiger partial charge >= 0.3 is 17.7 Å². The van der Waals surface area contributed by atoms with E-state index in [1.807, 2.05) is 6.07 Å². The van der Waals surface area contributed by atoms with Gasteiger partial charge in [0.2, 0.25) is 5.82 Å². The first-order chi connectivity index (χ1) is 13.3. The highest BCUT2D eigenvalue weighted by Crippen LogP contribution is 2.25. The number of halogens is 1. The molecule has 2 rings (SSSR count). The molecule has 9 heteroatoms. The van der Waals surface area contributed by atoms with E-state index in [1.165, 1.54) is 6.07 Å². The molecule has 2 atom stereocenters. The van der Waals surface area contributed by atoms with Crippen LogP contribution < -0.4 is 5.32 Å². The normalized spacial score (nSPS) is 12.5. The van der Waals surface area contributed by atoms with Crippen LogP contribution >= 0.6 is 0 Å². The number of nitrogens with one attached hydrogen (secondary N) is 1. The monoisotopic (exact) mass is 390 g/mol. The molecule has 0 aromatic heterocycles. The van der Waals surface area contributed by atoms with Gasteiger partial charge in [-0.05, 0) is 17.2 Å². The Bertz CT molecular complexity index is 859. The maximum atomic E-state index is 13.9. The van der Waals surface area contributed by atoms with E-state index < -0.39 is 40.5 Å². The summed E-state index contributed by atoms with van der Waals surface area (Å²) in [5.74, 6) is -2.53. The Hall–Kier alpha value is -3.49. The minimum atomic E-state index is -1.17. The van der Waals surface area contributed by atoms with E-state index in [4.69, 9.17) is 9.47 Å². The lowest BCUT2D eigenvalue weighted by Crippen LogP contribution is -2.45. The van der Waals surface area contributed by atoms with Gasteiger partial charge in [0.05, 0.1) is 12.0 Å². The molecule has 148 valence electrons. The van der Waals surface area contributed by atoms with Gasteiger partial charge in [-0.15, -0.1) is 0 Å². The average molecular weight is 390 g/mol. The highest BCUT2D eigenvalue weighted by Gasteiger charge is 2.30. The number of hydrogen-bond acceptors (Lipinski definition) is 6. The lowest BCUT2D eigenvalue weighted by molar-refractivity contribution is -0.387. The minimum absolute atomic E-state index is 0.00110. The smallest absolute Gasteiger partial charge is 0.408 e. The summed E-state index contributed by atoms with van der Waals surface area (Å²) in [7, 11) is 1.15. The number of rotatable bonds is 7. The summed E-state index contributed by atoms with van der Waals surface area (Å²) >= 11 is 0. The lowest BCUT2D eigenvalue weighted by Gasteiger charge is -2.23. The van der Waals surface area contributed by atoms with Crippen LogP contribution in [0, 0.1) is 15.9 Å². The fourth-order valence-corrected chi connectivity index (χ4v) is 2.55. The van der Waals surface area contributed by atoms with Crippen molar-refractivity contribution in [3.63, 3.8) is 0 Å². The number of carbonyl (C=O) groups excluding carboxylic acids is 2. The van der Waals surface area contributed by atoms with Gasteiger partial charge in [-0.3, -0.25) is 10.1 Å². The van der Waals surface area contributed by atoms with E-state index in [2.05, 4.69) is 5.32 Å². The van der Waals surface area contributed by atoms with Gasteiger partial charge < -0.3 is 14.8 Å². The van der Waals surface area contributed by atoms with Crippen molar-refractivity contribution in [3.05, 3.63) is 75.6 Å². The average Bonchev–Trinajstić information content (AvgIpc) is 2.69. The van der Waals surface area contributed by atoms with Crippen LogP contribution in [0.5, 0.6) is 0 Å². The predicted octanol–water partition coefficient (Wildman–Crippen LogP) is 3.31. The molecule has 0 heterocycles. The fourth-order valence-electron chi connectivity index (χ4n) is 2.55. The van der Waals surface area contributed by atoms with Crippen molar-refractivity contribution < 1.29 is 28.4 Å². The second-order valence-electron chi connectivity index (χ2n) is 5.96. The number of benzene rings is 2. The first-order valence-electron chi connectivity index (χ1n) is 8.32. The molecule has 8 nitrogen and oxygen atoms in total. The number of carbonyl (C=O) groups is 2. The number of esters is 1. The lowest BCUT2D eigenvalue weighted by atomic mass is 9.93. The van der Waals surface area contributed by atoms with E-state index in [-0.39, 0.29) is 12.2 Å². The van der Waals surface area contributed by atoms with Crippen LogP contribution in [0.25, 0.3) is 0 Å². The number of hydrogen-bond donors (Lipinski definition) is 1. The molecule has 0 radical (unpaired) electrons. The van der Waals surface area contributed by atoms with Crippen molar-refractivity contribution in [3.8, 4) is 0 Å². The van der Waals surface area contributed by atoms with Crippen LogP contribution in [0.15, 0.2) is 48.5 Å². The third kappa shape index (κ3) is 5.26. The van der Waals surface area contributed by atoms with Crippen LogP contribution in [0.1, 0.15) is 24.0 Å². The first-order valence-corrected chi connectivity index (χ1v) is 8.32. The molecule has 0 aliphatic carbocycles. The quantitative estimate of drug-likeness (QED) is 0.441. The number of nitro benzene ring substituents is 1. The zero-order valence-electron chi connectivity index (χ0n) is 15.3. The Kier molecular flexibility index (Phi) is 7.02. The van der Waals surface area contributed by atoms with Crippen LogP contribution in [-0.2, 0) is 20.9 Å². The molecule has 0 unspecified atom stereocenters. The van der Waals surface area contributed by atoms with Gasteiger partial charge in [0, 0.05) is 12.0 Å². The summed E-state index contributed by atoms with van der Waals surface area (Å²) < 4.78 is 23.7. The Morgan fingerprint density at radius 3 is 2.46 bits per heavy atom. The number of ether oxygens (including phenoxy) is 2. The third-order valence-electron chi connectivity index (χ3n) is 4.14. The summed E-state index contributed by atoms with van der Waals surface area (Å²) in [5.41, 5.74) is 0.361. The molecule has 0 saturated carbocycles. The van der Waals surface area contributed by atoms with Gasteiger partial charge in [-0.2, -0.15) is 4.39 Å². The standard InChI is InChI=1S/C19H19FN2O6/c1-12(14-8-9-16(22(25)26)15(20)10-14)17(18(23)27-2)21-19(24)28-11-13-6-4-3-5-7-13/h3-10,12,17H,11H2,1-2H3,(H,21,24)/t12-,17+/m0/s1. The van der Waals surface area contributed by atoms with Crippen molar-refractivity contribution in [1.82, 2.24) is 5.32 Å². The molecular weight excluding hydrogens is 371 g/mol. The predicted molar refractivity (Wildman–Crippen MR) is 97.0 cm³/mol. The zero-order chi connectivity index (χ0) is 20.7. The molecule has 2 aromatic rings. The summed E-state index contributed by atoms with van der Waals surface area (Å²) in [4.78, 5) is 34.1.